The molecule has 0 amide bonds. The molecule has 5 rings (SSSR count). The summed E-state index contributed by atoms with van der Waals surface area (Å²) in [7, 11) is 0. The number of hydrogen-bond donors (Lipinski definition) is 8. The predicted molar refractivity (Wildman–Crippen MR) is 150 cm³/mol. The third-order valence-electron chi connectivity index (χ3n) is 4.92. The molecule has 5 aromatic rings. The van der Waals surface area contributed by atoms with Gasteiger partial charge in [-0.2, -0.15) is 44.5 Å². The first kappa shape index (κ1) is 39.4. The summed E-state index contributed by atoms with van der Waals surface area (Å²) in [6.45, 7) is 0. The average molecular weight is 727 g/mol. The van der Waals surface area contributed by atoms with Crippen molar-refractivity contribution in [1.82, 2.24) is 40.6 Å². The Morgan fingerprint density at radius 3 is 1.70 bits per heavy atom. The largest absolute Gasteiger partial charge is 0.490 e. The molecular formula is C24H18F9N11O6. The van der Waals surface area contributed by atoms with Crippen LogP contribution in [0.1, 0.15) is 0 Å². The first-order valence-electron chi connectivity index (χ1n) is 12.4. The number of nitrogens with two attached hydrogens (primary N) is 1. The lowest BCUT2D eigenvalue weighted by Crippen LogP contribution is -2.21. The molecule has 17 nitrogen and oxygen atoms in total. The molecule has 0 saturated heterocycles. The number of carbonyl (C=O) groups is 3. The van der Waals surface area contributed by atoms with Gasteiger partial charge in [-0.05, 0) is 59.0 Å². The van der Waals surface area contributed by atoms with Crippen LogP contribution in [0.25, 0.3) is 22.4 Å². The van der Waals surface area contributed by atoms with E-state index in [1.807, 2.05) is 42.5 Å². The van der Waals surface area contributed by atoms with Gasteiger partial charge in [0.2, 0.25) is 11.9 Å². The summed E-state index contributed by atoms with van der Waals surface area (Å²) < 4.78 is 95.2. The van der Waals surface area contributed by atoms with Crippen LogP contribution in [0.4, 0.5) is 68.6 Å². The fourth-order valence-electron chi connectivity index (χ4n) is 2.87. The van der Waals surface area contributed by atoms with Gasteiger partial charge < -0.3 is 36.7 Å². The zero-order valence-electron chi connectivity index (χ0n) is 23.9. The van der Waals surface area contributed by atoms with Gasteiger partial charge in [-0.1, -0.05) is 5.10 Å². The fraction of sp³-hybridized carbons (Fsp3) is 0.125. The normalized spacial score (nSPS) is 11.1. The number of aliphatic carboxylic acids is 3. The van der Waals surface area contributed by atoms with Crippen molar-refractivity contribution in [2.24, 2.45) is 0 Å². The van der Waals surface area contributed by atoms with Gasteiger partial charge in [0.1, 0.15) is 11.6 Å². The number of aromatic amines is 2. The smallest absolute Gasteiger partial charge is 0.475 e. The van der Waals surface area contributed by atoms with Gasteiger partial charge >= 0.3 is 36.4 Å². The predicted octanol–water partition coefficient (Wildman–Crippen LogP) is 4.50. The number of rotatable bonds is 5. The Labute approximate surface area is 269 Å². The number of aromatic nitrogens is 8. The van der Waals surface area contributed by atoms with Gasteiger partial charge in [0.15, 0.2) is 0 Å². The SMILES string of the molecule is Nc1nccc(Nc2ccc3[nH]c(-c4ccc(Nc5nnn[nH]5)cc4)nc3c2)n1.O=C(O)C(F)(F)F.O=C(O)C(F)(F)F.O=C(O)C(F)(F)F. The zero-order chi connectivity index (χ0) is 37.9. The van der Waals surface area contributed by atoms with E-state index in [2.05, 4.69) is 46.2 Å². The number of imidazole rings is 1. The van der Waals surface area contributed by atoms with Crippen molar-refractivity contribution < 1.29 is 69.2 Å². The van der Waals surface area contributed by atoms with E-state index in [1.54, 1.807) is 12.3 Å². The van der Waals surface area contributed by atoms with Crippen molar-refractivity contribution in [3.8, 4) is 11.4 Å². The molecule has 0 atom stereocenters. The highest BCUT2D eigenvalue weighted by atomic mass is 19.4. The van der Waals surface area contributed by atoms with Crippen molar-refractivity contribution in [1.29, 1.82) is 0 Å². The van der Waals surface area contributed by atoms with Crippen LogP contribution in [0.2, 0.25) is 0 Å². The number of halogens is 9. The molecule has 268 valence electrons. The minimum Gasteiger partial charge on any atom is -0.475 e. The standard InChI is InChI=1S/C18H15N11.3C2HF3O2/c19-17-20-8-7-15(25-17)21-12-5-6-13-14(9-12)24-16(23-13)10-1-3-11(4-2-10)22-18-26-28-29-27-18;3*3-2(4,5)1(6)7/h1-9H,(H,23,24)(H3,19,20,21,25)(H2,22,26,27,28,29);3*(H,6,7). The maximum atomic E-state index is 10.6. The number of nitrogens with one attached hydrogen (secondary N) is 4. The molecule has 9 N–H and O–H groups in total. The highest BCUT2D eigenvalue weighted by molar-refractivity contribution is 5.83. The Balaban J connectivity index is 0.000000338. The van der Waals surface area contributed by atoms with Gasteiger partial charge in [-0.3, -0.25) is 0 Å². The van der Waals surface area contributed by atoms with Gasteiger partial charge in [0.25, 0.3) is 0 Å². The van der Waals surface area contributed by atoms with Crippen LogP contribution in [-0.2, 0) is 14.4 Å². The van der Waals surface area contributed by atoms with E-state index in [0.717, 1.165) is 33.8 Å². The number of hydrogen-bond acceptors (Lipinski definition) is 12. The Kier molecular flexibility index (Phi) is 12.9. The van der Waals surface area contributed by atoms with Gasteiger partial charge in [-0.25, -0.2) is 29.5 Å². The van der Waals surface area contributed by atoms with Gasteiger partial charge in [0.05, 0.1) is 11.0 Å². The lowest BCUT2D eigenvalue weighted by molar-refractivity contribution is -0.193. The highest BCUT2D eigenvalue weighted by Gasteiger charge is 2.39. The lowest BCUT2D eigenvalue weighted by atomic mass is 10.2. The molecule has 0 saturated carbocycles. The van der Waals surface area contributed by atoms with E-state index in [-0.39, 0.29) is 5.95 Å². The third kappa shape index (κ3) is 13.2. The van der Waals surface area contributed by atoms with Gasteiger partial charge in [-0.15, -0.1) is 0 Å². The Morgan fingerprint density at radius 2 is 1.24 bits per heavy atom. The number of fused-ring (bicyclic) bond motifs is 1. The molecule has 3 aromatic heterocycles. The number of nitrogen functional groups attached to an aromatic ring is 1. The van der Waals surface area contributed by atoms with Crippen LogP contribution in [0.15, 0.2) is 54.7 Å². The van der Waals surface area contributed by atoms with Crippen LogP contribution in [0, 0.1) is 0 Å². The summed E-state index contributed by atoms with van der Waals surface area (Å²) >= 11 is 0. The van der Waals surface area contributed by atoms with E-state index >= 15 is 0 Å². The summed E-state index contributed by atoms with van der Waals surface area (Å²) in [6, 6.07) is 15.4. The third-order valence-corrected chi connectivity index (χ3v) is 4.92. The van der Waals surface area contributed by atoms with Gasteiger partial charge in [0, 0.05) is 23.1 Å². The van der Waals surface area contributed by atoms with Crippen LogP contribution in [0.5, 0.6) is 0 Å². The van der Waals surface area contributed by atoms with Crippen LogP contribution >= 0.6 is 0 Å². The van der Waals surface area contributed by atoms with Crippen molar-refractivity contribution in [3.63, 3.8) is 0 Å². The summed E-state index contributed by atoms with van der Waals surface area (Å²) in [5.41, 5.74) is 10.1. The fourth-order valence-corrected chi connectivity index (χ4v) is 2.87. The molecule has 0 aliphatic heterocycles. The molecule has 0 unspecified atom stereocenters. The van der Waals surface area contributed by atoms with E-state index in [4.69, 9.17) is 40.4 Å². The van der Waals surface area contributed by atoms with E-state index < -0.39 is 36.4 Å². The topological polar surface area (TPSA) is 271 Å². The second kappa shape index (κ2) is 16.4. The summed E-state index contributed by atoms with van der Waals surface area (Å²) in [4.78, 5) is 42.7. The van der Waals surface area contributed by atoms with E-state index in [1.165, 1.54) is 0 Å². The molecule has 0 aliphatic rings. The molecule has 0 radical (unpaired) electrons. The average Bonchev–Trinajstić information content (AvgIpc) is 3.67. The molecular weight excluding hydrogens is 709 g/mol. The summed E-state index contributed by atoms with van der Waals surface area (Å²) in [5, 5.41) is 41.2. The molecule has 0 bridgehead atoms. The van der Waals surface area contributed by atoms with Crippen LogP contribution in [-0.4, -0.2) is 92.3 Å². The quantitative estimate of drug-likeness (QED) is 0.116. The molecule has 2 aromatic carbocycles. The summed E-state index contributed by atoms with van der Waals surface area (Å²) in [5.74, 6) is -6.18. The van der Waals surface area contributed by atoms with Crippen molar-refractivity contribution in [2.75, 3.05) is 16.4 Å². The maximum absolute atomic E-state index is 10.6. The number of alkyl halides is 9. The van der Waals surface area contributed by atoms with E-state index in [0.29, 0.717) is 11.8 Å². The summed E-state index contributed by atoms with van der Waals surface area (Å²) in [6.07, 6.45) is -13.6. The van der Waals surface area contributed by atoms with Crippen molar-refractivity contribution in [2.45, 2.75) is 18.5 Å². The number of nitrogens with zero attached hydrogens (tertiary/aromatic N) is 6. The molecule has 3 heterocycles. The molecule has 0 fully saturated rings. The van der Waals surface area contributed by atoms with Crippen LogP contribution in [0.3, 0.4) is 0 Å². The molecule has 50 heavy (non-hydrogen) atoms. The van der Waals surface area contributed by atoms with Crippen molar-refractivity contribution >= 4 is 58.0 Å². The number of H-pyrrole nitrogens is 2. The highest BCUT2D eigenvalue weighted by Crippen LogP contribution is 2.26. The molecule has 26 heteroatoms. The second-order valence-corrected chi connectivity index (χ2v) is 8.60. The maximum Gasteiger partial charge on any atom is 0.490 e. The van der Waals surface area contributed by atoms with Crippen LogP contribution < -0.4 is 16.4 Å². The molecule has 0 spiro atoms. The zero-order valence-corrected chi connectivity index (χ0v) is 23.9. The lowest BCUT2D eigenvalue weighted by Gasteiger charge is -2.05. The second-order valence-electron chi connectivity index (χ2n) is 8.60. The minimum atomic E-state index is -5.08. The number of tetrazole rings is 1. The number of benzene rings is 2. The monoisotopic (exact) mass is 727 g/mol. The minimum absolute atomic E-state index is 0.218. The van der Waals surface area contributed by atoms with E-state index in [9.17, 15) is 39.5 Å². The Morgan fingerprint density at radius 1 is 0.720 bits per heavy atom. The number of carboxylic acids is 3. The first-order chi connectivity index (χ1) is 23.1. The van der Waals surface area contributed by atoms with Crippen molar-refractivity contribution in [3.05, 3.63) is 54.7 Å². The Hall–Kier alpha value is -6.76. The number of carboxylic acid groups (broad SMARTS) is 3. The Bertz CT molecular complexity index is 1820. The molecule has 0 aliphatic carbocycles. The first-order valence-corrected chi connectivity index (χ1v) is 12.4. The number of anilines is 5.